The molecule has 14 nitrogen and oxygen atoms in total. The predicted octanol–water partition coefficient (Wildman–Crippen LogP) is 3.79. The molecule has 224 valence electrons. The van der Waals surface area contributed by atoms with Crippen LogP contribution in [0.1, 0.15) is 40.5 Å². The summed E-state index contributed by atoms with van der Waals surface area (Å²) in [6.07, 6.45) is 2.86. The summed E-state index contributed by atoms with van der Waals surface area (Å²) in [6.45, 7) is 14.7. The van der Waals surface area contributed by atoms with Gasteiger partial charge in [-0.15, -0.1) is 0 Å². The molecule has 2 aliphatic heterocycles. The van der Waals surface area contributed by atoms with Crippen LogP contribution in [0.5, 0.6) is 0 Å². The number of nitrogens with one attached hydrogen (secondary N) is 1. The molecule has 0 amide bonds. The molecule has 0 aliphatic carbocycles. The summed E-state index contributed by atoms with van der Waals surface area (Å²) in [4.78, 5) is 15.1. The minimum atomic E-state index is -4.20. The molecule has 0 spiro atoms. The van der Waals surface area contributed by atoms with E-state index in [2.05, 4.69) is 39.5 Å². The van der Waals surface area contributed by atoms with Crippen molar-refractivity contribution in [3.63, 3.8) is 0 Å². The van der Waals surface area contributed by atoms with Gasteiger partial charge in [0.15, 0.2) is 11.4 Å². The summed E-state index contributed by atoms with van der Waals surface area (Å²) in [5, 5.41) is 17.9. The first-order chi connectivity index (χ1) is 18.4. The number of azide groups is 1. The number of rotatable bonds is 14. The lowest BCUT2D eigenvalue weighted by atomic mass is 9.78. The van der Waals surface area contributed by atoms with Crippen LogP contribution in [-0.2, 0) is 35.8 Å². The van der Waals surface area contributed by atoms with Crippen LogP contribution in [0.3, 0.4) is 0 Å². The van der Waals surface area contributed by atoms with Crippen LogP contribution in [0, 0.1) is 5.92 Å². The van der Waals surface area contributed by atoms with Gasteiger partial charge in [-0.2, -0.15) is 17.8 Å². The Hall–Kier alpha value is -2.14. The molecule has 2 fully saturated rings. The minimum Gasteiger partial charge on any atom is -0.481 e. The van der Waals surface area contributed by atoms with Crippen molar-refractivity contribution in [1.29, 1.82) is 0 Å². The van der Waals surface area contributed by atoms with Gasteiger partial charge in [0.2, 0.25) is 0 Å². The monoisotopic (exact) mass is 599 g/mol. The maximum absolute atomic E-state index is 13.2. The number of carbonyl (C=O) groups is 1. The normalized spacial score (nSPS) is 24.7. The van der Waals surface area contributed by atoms with Gasteiger partial charge in [0.1, 0.15) is 6.73 Å². The maximum Gasteiger partial charge on any atom is 0.457 e. The van der Waals surface area contributed by atoms with Crippen molar-refractivity contribution in [1.82, 2.24) is 14.1 Å². The summed E-state index contributed by atoms with van der Waals surface area (Å²) in [5.41, 5.74) is 6.25. The van der Waals surface area contributed by atoms with Crippen molar-refractivity contribution in [2.75, 3.05) is 24.4 Å². The third-order valence-electron chi connectivity index (χ3n) is 7.84. The molecule has 1 aromatic heterocycles. The quantitative estimate of drug-likeness (QED) is 0.106. The van der Waals surface area contributed by atoms with Gasteiger partial charge in [-0.1, -0.05) is 31.2 Å². The average molecular weight is 600 g/mol. The molecule has 2 atom stereocenters. The summed E-state index contributed by atoms with van der Waals surface area (Å²) in [7, 11) is -5.90. The van der Waals surface area contributed by atoms with Gasteiger partial charge in [0, 0.05) is 44.9 Å². The van der Waals surface area contributed by atoms with E-state index in [0.29, 0.717) is 25.8 Å². The van der Waals surface area contributed by atoms with E-state index in [1.165, 1.54) is 10.7 Å². The summed E-state index contributed by atoms with van der Waals surface area (Å²) < 4.78 is 49.0. The Morgan fingerprint density at radius 1 is 1.32 bits per heavy atom. The van der Waals surface area contributed by atoms with Gasteiger partial charge < -0.3 is 19.2 Å². The molecule has 0 aromatic carbocycles. The third kappa shape index (κ3) is 7.57. The maximum atomic E-state index is 13.2. The molecule has 2 aliphatic rings. The van der Waals surface area contributed by atoms with Gasteiger partial charge in [-0.05, 0) is 57.9 Å². The molecule has 3 heterocycles. The lowest BCUT2D eigenvalue weighted by Gasteiger charge is -2.32. The number of carboxylic acids is 1. The SMILES string of the molecule is CC1(C)OB(CCCC2CN(S(=O)(=O)Nc3ccn(COCC[Si](C)(C)C)n3)CC2(N=[N+]=[N-])C(=O)O)OC1(C)C. The molecule has 17 heteroatoms. The number of anilines is 1. The van der Waals surface area contributed by atoms with Gasteiger partial charge in [-0.25, -0.2) is 4.68 Å². The molecule has 0 saturated carbocycles. The first kappa shape index (κ1) is 32.4. The summed E-state index contributed by atoms with van der Waals surface area (Å²) in [5.74, 6) is -2.05. The Kier molecular flexibility index (Phi) is 9.71. The standard InChI is InChI=1S/C23H42BN7O7SSi/c1-21(2)22(3,4)38-24(37-21)11-8-9-18-15-31(16-23(18,20(32)33)28-29-25)39(34,35)27-19-10-12-30(26-19)17-36-13-14-40(5,6)7/h10,12,18H,8-9,11,13-17H2,1-7H3,(H,26,27)(H,32,33). The number of hydrogen-bond donors (Lipinski definition) is 2. The van der Waals surface area contributed by atoms with Crippen LogP contribution in [0.2, 0.25) is 32.0 Å². The highest BCUT2D eigenvalue weighted by molar-refractivity contribution is 7.90. The fourth-order valence-corrected chi connectivity index (χ4v) is 6.69. The third-order valence-corrected chi connectivity index (χ3v) is 11.0. The largest absolute Gasteiger partial charge is 0.481 e. The number of ether oxygens (including phenoxy) is 1. The second kappa shape index (κ2) is 12.0. The molecule has 2 unspecified atom stereocenters. The predicted molar refractivity (Wildman–Crippen MR) is 154 cm³/mol. The Bertz CT molecular complexity index is 1200. The van der Waals surface area contributed by atoms with E-state index < -0.39 is 60.6 Å². The number of aliphatic carboxylic acids is 1. The highest BCUT2D eigenvalue weighted by atomic mass is 32.2. The number of nitrogens with zero attached hydrogens (tertiary/aromatic N) is 6. The van der Waals surface area contributed by atoms with E-state index in [1.54, 1.807) is 6.20 Å². The van der Waals surface area contributed by atoms with Crippen LogP contribution in [0.4, 0.5) is 5.82 Å². The second-order valence-electron chi connectivity index (χ2n) is 12.7. The molecular formula is C23H42BN7O7SSi. The van der Waals surface area contributed by atoms with Crippen molar-refractivity contribution in [3.05, 3.63) is 22.7 Å². The molecule has 2 N–H and O–H groups in total. The first-order valence-corrected chi connectivity index (χ1v) is 18.6. The van der Waals surface area contributed by atoms with E-state index >= 15 is 0 Å². The van der Waals surface area contributed by atoms with Crippen molar-refractivity contribution in [2.45, 2.75) is 96.0 Å². The van der Waals surface area contributed by atoms with Crippen molar-refractivity contribution in [2.24, 2.45) is 11.0 Å². The van der Waals surface area contributed by atoms with E-state index in [9.17, 15) is 23.8 Å². The van der Waals surface area contributed by atoms with Gasteiger partial charge >= 0.3 is 23.3 Å². The molecule has 1 aromatic rings. The number of hydrogen-bond acceptors (Lipinski definition) is 8. The van der Waals surface area contributed by atoms with Crippen LogP contribution in [-0.4, -0.2) is 85.2 Å². The van der Waals surface area contributed by atoms with Crippen LogP contribution < -0.4 is 4.72 Å². The highest BCUT2D eigenvalue weighted by Gasteiger charge is 2.55. The fraction of sp³-hybridized carbons (Fsp3) is 0.826. The van der Waals surface area contributed by atoms with Crippen LogP contribution in [0.25, 0.3) is 10.4 Å². The molecular weight excluding hydrogens is 557 g/mol. The molecule has 40 heavy (non-hydrogen) atoms. The van der Waals surface area contributed by atoms with E-state index in [1.807, 2.05) is 27.7 Å². The highest BCUT2D eigenvalue weighted by Crippen LogP contribution is 2.40. The lowest BCUT2D eigenvalue weighted by Crippen LogP contribution is -2.45. The molecule has 2 saturated heterocycles. The lowest BCUT2D eigenvalue weighted by molar-refractivity contribution is -0.144. The van der Waals surface area contributed by atoms with Crippen molar-refractivity contribution in [3.8, 4) is 0 Å². The molecule has 0 radical (unpaired) electrons. The van der Waals surface area contributed by atoms with E-state index in [0.717, 1.165) is 10.3 Å². The number of carboxylic acid groups (broad SMARTS) is 1. The van der Waals surface area contributed by atoms with Crippen molar-refractivity contribution < 1.29 is 32.4 Å². The smallest absolute Gasteiger partial charge is 0.457 e. The molecule has 3 rings (SSSR count). The Labute approximate surface area is 237 Å². The average Bonchev–Trinajstić information content (AvgIpc) is 3.46. The van der Waals surface area contributed by atoms with E-state index in [4.69, 9.17) is 14.0 Å². The Morgan fingerprint density at radius 3 is 2.55 bits per heavy atom. The first-order valence-electron chi connectivity index (χ1n) is 13.5. The zero-order valence-electron chi connectivity index (χ0n) is 24.5. The molecule has 0 bridgehead atoms. The second-order valence-corrected chi connectivity index (χ2v) is 20.0. The van der Waals surface area contributed by atoms with Gasteiger partial charge in [0.25, 0.3) is 0 Å². The van der Waals surface area contributed by atoms with Crippen molar-refractivity contribution >= 4 is 37.2 Å². The Morgan fingerprint density at radius 2 is 1.98 bits per heavy atom. The number of aromatic nitrogens is 2. The fourth-order valence-electron chi connectivity index (χ4n) is 4.69. The van der Waals surface area contributed by atoms with Crippen LogP contribution in [0.15, 0.2) is 17.4 Å². The van der Waals surface area contributed by atoms with Gasteiger partial charge in [-0.3, -0.25) is 9.52 Å². The van der Waals surface area contributed by atoms with E-state index in [-0.39, 0.29) is 19.1 Å². The Balaban J connectivity index is 1.65. The summed E-state index contributed by atoms with van der Waals surface area (Å²) >= 11 is 0. The minimum absolute atomic E-state index is 0.0720. The van der Waals surface area contributed by atoms with Gasteiger partial charge in [0.05, 0.1) is 11.2 Å². The topological polar surface area (TPSA) is 181 Å². The zero-order valence-corrected chi connectivity index (χ0v) is 26.3. The van der Waals surface area contributed by atoms with Crippen LogP contribution >= 0.6 is 0 Å². The summed E-state index contributed by atoms with van der Waals surface area (Å²) in [6, 6.07) is 2.49. The zero-order chi connectivity index (χ0) is 30.0.